The summed E-state index contributed by atoms with van der Waals surface area (Å²) in [6.45, 7) is 2.60. The molecule has 2 spiro atoms. The normalized spacial score (nSPS) is 27.4. The molecule has 5 saturated carbocycles. The first-order chi connectivity index (χ1) is 31.1. The van der Waals surface area contributed by atoms with Gasteiger partial charge in [-0.15, -0.1) is 0 Å². The molecule has 3 nitrogen and oxygen atoms in total. The van der Waals surface area contributed by atoms with Gasteiger partial charge in [0.05, 0.1) is 27.8 Å². The van der Waals surface area contributed by atoms with Crippen LogP contribution < -0.4 is 4.90 Å². The van der Waals surface area contributed by atoms with Crippen LogP contribution in [0.25, 0.3) is 60.6 Å². The molecular formula is C60H44N2O. The second-order valence-corrected chi connectivity index (χ2v) is 20.1. The molecule has 0 amide bonds. The van der Waals surface area contributed by atoms with E-state index in [1.54, 1.807) is 5.56 Å². The lowest BCUT2D eigenvalue weighted by Crippen LogP contribution is -2.40. The molecule has 3 unspecified atom stereocenters. The van der Waals surface area contributed by atoms with Crippen molar-refractivity contribution in [1.29, 1.82) is 0 Å². The Kier molecular flexibility index (Phi) is 6.00. The van der Waals surface area contributed by atoms with Gasteiger partial charge in [-0.05, 0) is 142 Å². The standard InChI is InChI=1S/C60H44N2O/c1-35-55-56-36-30-31-58(55,56)34-59(35,33-36)37-24-26-38(27-25-37)61(39-28-29-42-41-13-4-9-23-52(41)63-53(42)32-39)51-22-11-18-47-54(51)44-14-2-5-16-45(44)60(47)46-17-6-8-21-50(46)62-49-20-7-3-12-40(49)43-15-10-19-48(60)57(43)62/h2-29,32,35-36,55-56H,30-31,33-34H2,1H3/t35-,36-,55-,56?,58-,59?,60?/m0/s1. The molecule has 5 fully saturated rings. The largest absolute Gasteiger partial charge is 0.456 e. The molecule has 0 saturated heterocycles. The third-order valence-corrected chi connectivity index (χ3v) is 18.0. The minimum Gasteiger partial charge on any atom is -0.456 e. The molecule has 17 rings (SSSR count). The number of aromatic nitrogens is 1. The zero-order valence-corrected chi connectivity index (χ0v) is 35.2. The predicted octanol–water partition coefficient (Wildman–Crippen LogP) is 15.2. The summed E-state index contributed by atoms with van der Waals surface area (Å²) in [4.78, 5) is 2.53. The average Bonchev–Trinajstić information content (AvgIpc) is 3.68. The van der Waals surface area contributed by atoms with Crippen molar-refractivity contribution in [3.05, 3.63) is 204 Å². The fourth-order valence-corrected chi connectivity index (χ4v) is 16.0. The fraction of sp³-hybridized carbons (Fsp3) is 0.200. The number of fused-ring (bicyclic) bond motifs is 15. The summed E-state index contributed by atoms with van der Waals surface area (Å²) >= 11 is 0. The first-order valence-electron chi connectivity index (χ1n) is 23.3. The molecule has 5 bridgehead atoms. The first kappa shape index (κ1) is 33.7. The van der Waals surface area contributed by atoms with Crippen molar-refractivity contribution in [2.24, 2.45) is 29.1 Å². The SMILES string of the molecule is C[C@H]1[C@H]2C3[C@H]4CC[C@@]32CC1(c1ccc(N(c2ccc3c(c2)oc2ccccc23)c2cccc3c2-c2ccccc2C32c3ccccc3-n3c5ccccc5c5cccc2c53)cc1)C4. The number of para-hydroxylation sites is 4. The molecule has 10 aromatic rings. The highest BCUT2D eigenvalue weighted by atomic mass is 16.3. The maximum atomic E-state index is 6.62. The van der Waals surface area contributed by atoms with Crippen molar-refractivity contribution in [2.75, 3.05) is 4.90 Å². The minimum absolute atomic E-state index is 0.314. The molecule has 1 aliphatic heterocycles. The fourth-order valence-electron chi connectivity index (χ4n) is 16.0. The molecule has 7 atom stereocenters. The molecule has 0 N–H and O–H groups in total. The lowest BCUT2D eigenvalue weighted by atomic mass is 9.59. The smallest absolute Gasteiger partial charge is 0.137 e. The monoisotopic (exact) mass is 808 g/mol. The summed E-state index contributed by atoms with van der Waals surface area (Å²) in [5.41, 5.74) is 19.0. The molecule has 300 valence electrons. The highest BCUT2D eigenvalue weighted by molar-refractivity contribution is 6.13. The molecule has 6 aliphatic carbocycles. The Labute approximate surface area is 366 Å². The van der Waals surface area contributed by atoms with Gasteiger partial charge in [0, 0.05) is 44.5 Å². The molecule has 8 aromatic carbocycles. The maximum absolute atomic E-state index is 6.62. The van der Waals surface area contributed by atoms with E-state index >= 15 is 0 Å². The molecule has 63 heavy (non-hydrogen) atoms. The molecule has 2 aromatic heterocycles. The Balaban J connectivity index is 0.958. The third kappa shape index (κ3) is 3.78. The van der Waals surface area contributed by atoms with Crippen molar-refractivity contribution >= 4 is 60.8 Å². The molecule has 7 aliphatic rings. The number of rotatable bonds is 4. The third-order valence-electron chi connectivity index (χ3n) is 18.0. The van der Waals surface area contributed by atoms with Gasteiger partial charge in [0.2, 0.25) is 0 Å². The Morgan fingerprint density at radius 3 is 2.21 bits per heavy atom. The van der Waals surface area contributed by atoms with Crippen LogP contribution in [0.2, 0.25) is 0 Å². The topological polar surface area (TPSA) is 21.3 Å². The van der Waals surface area contributed by atoms with Crippen LogP contribution in [-0.2, 0) is 10.8 Å². The van der Waals surface area contributed by atoms with Gasteiger partial charge in [0.25, 0.3) is 0 Å². The summed E-state index contributed by atoms with van der Waals surface area (Å²) in [5, 5.41) is 4.89. The van der Waals surface area contributed by atoms with Gasteiger partial charge in [0.1, 0.15) is 11.2 Å². The van der Waals surface area contributed by atoms with Crippen molar-refractivity contribution in [2.45, 2.75) is 43.4 Å². The van der Waals surface area contributed by atoms with E-state index in [1.807, 2.05) is 0 Å². The van der Waals surface area contributed by atoms with E-state index in [0.29, 0.717) is 10.8 Å². The lowest BCUT2D eigenvalue weighted by molar-refractivity contribution is 0.132. The van der Waals surface area contributed by atoms with Crippen molar-refractivity contribution < 1.29 is 4.42 Å². The van der Waals surface area contributed by atoms with Gasteiger partial charge in [-0.2, -0.15) is 0 Å². The van der Waals surface area contributed by atoms with Gasteiger partial charge in [0.15, 0.2) is 0 Å². The van der Waals surface area contributed by atoms with E-state index in [4.69, 9.17) is 4.42 Å². The lowest BCUT2D eigenvalue weighted by Gasteiger charge is -2.45. The van der Waals surface area contributed by atoms with E-state index < -0.39 is 5.41 Å². The molecular weight excluding hydrogens is 765 g/mol. The highest BCUT2D eigenvalue weighted by Gasteiger charge is 2.82. The van der Waals surface area contributed by atoms with Crippen molar-refractivity contribution in [3.8, 4) is 16.8 Å². The Morgan fingerprint density at radius 2 is 1.30 bits per heavy atom. The van der Waals surface area contributed by atoms with Crippen LogP contribution in [0.5, 0.6) is 0 Å². The van der Waals surface area contributed by atoms with Crippen molar-refractivity contribution in [1.82, 2.24) is 4.57 Å². The van der Waals surface area contributed by atoms with Gasteiger partial charge >= 0.3 is 0 Å². The highest BCUT2D eigenvalue weighted by Crippen LogP contribution is 2.88. The van der Waals surface area contributed by atoms with Gasteiger partial charge < -0.3 is 13.9 Å². The van der Waals surface area contributed by atoms with Crippen LogP contribution in [0, 0.1) is 29.1 Å². The summed E-state index contributed by atoms with van der Waals surface area (Å²) in [6, 6.07) is 66.7. The quantitative estimate of drug-likeness (QED) is 0.177. The minimum atomic E-state index is -0.531. The van der Waals surface area contributed by atoms with E-state index in [2.05, 4.69) is 192 Å². The van der Waals surface area contributed by atoms with Gasteiger partial charge in [-0.1, -0.05) is 128 Å². The summed E-state index contributed by atoms with van der Waals surface area (Å²) < 4.78 is 9.16. The van der Waals surface area contributed by atoms with Crippen LogP contribution in [0.15, 0.2) is 180 Å². The summed E-state index contributed by atoms with van der Waals surface area (Å²) in [6.07, 6.45) is 5.70. The molecule has 0 radical (unpaired) electrons. The van der Waals surface area contributed by atoms with E-state index in [1.165, 1.54) is 97.9 Å². The predicted molar refractivity (Wildman–Crippen MR) is 256 cm³/mol. The first-order valence-corrected chi connectivity index (χ1v) is 23.3. The van der Waals surface area contributed by atoms with Crippen molar-refractivity contribution in [3.63, 3.8) is 0 Å². The number of nitrogens with zero attached hydrogens (tertiary/aromatic N) is 2. The maximum Gasteiger partial charge on any atom is 0.137 e. The summed E-state index contributed by atoms with van der Waals surface area (Å²) in [5.74, 6) is 3.68. The van der Waals surface area contributed by atoms with E-state index in [9.17, 15) is 0 Å². The Bertz CT molecular complexity index is 3660. The van der Waals surface area contributed by atoms with Crippen LogP contribution in [-0.4, -0.2) is 4.57 Å². The average molecular weight is 809 g/mol. The second-order valence-electron chi connectivity index (χ2n) is 20.1. The second kappa shape index (κ2) is 11.2. The molecule has 3 heteroatoms. The van der Waals surface area contributed by atoms with Gasteiger partial charge in [-0.25, -0.2) is 0 Å². The summed E-state index contributed by atoms with van der Waals surface area (Å²) in [7, 11) is 0. The zero-order valence-electron chi connectivity index (χ0n) is 35.2. The van der Waals surface area contributed by atoms with Crippen LogP contribution in [0.4, 0.5) is 17.1 Å². The van der Waals surface area contributed by atoms with Crippen LogP contribution in [0.1, 0.15) is 60.4 Å². The number of benzene rings is 8. The number of hydrogen-bond acceptors (Lipinski definition) is 2. The number of hydrogen-bond donors (Lipinski definition) is 0. The van der Waals surface area contributed by atoms with Gasteiger partial charge in [-0.3, -0.25) is 0 Å². The number of furan rings is 1. The van der Waals surface area contributed by atoms with E-state index in [0.717, 1.165) is 51.3 Å². The Hall–Kier alpha value is -6.84. The van der Waals surface area contributed by atoms with Crippen LogP contribution >= 0.6 is 0 Å². The van der Waals surface area contributed by atoms with E-state index in [-0.39, 0.29) is 0 Å². The molecule has 3 heterocycles. The van der Waals surface area contributed by atoms with Crippen LogP contribution in [0.3, 0.4) is 0 Å². The number of anilines is 3. The zero-order chi connectivity index (χ0) is 41.0. The Morgan fingerprint density at radius 1 is 0.587 bits per heavy atom.